The lowest BCUT2D eigenvalue weighted by Gasteiger charge is -2.51. The van der Waals surface area contributed by atoms with Crippen LogP contribution in [0.4, 0.5) is 13.2 Å². The fourth-order valence-electron chi connectivity index (χ4n) is 2.90. The molecule has 2 nitrogen and oxygen atoms in total. The Morgan fingerprint density at radius 3 is 2.33 bits per heavy atom. The number of alkyl halides is 3. The molecule has 0 amide bonds. The highest BCUT2D eigenvalue weighted by molar-refractivity contribution is 5.26. The molecule has 0 aliphatic carbocycles. The van der Waals surface area contributed by atoms with Crippen LogP contribution in [0.5, 0.6) is 0 Å². The van der Waals surface area contributed by atoms with Gasteiger partial charge in [0.05, 0.1) is 12.0 Å². The number of halogens is 3. The van der Waals surface area contributed by atoms with Crippen LogP contribution in [-0.4, -0.2) is 36.2 Å². The number of hydrogen-bond acceptors (Lipinski definition) is 2. The molecule has 1 N–H and O–H groups in total. The second kappa shape index (κ2) is 5.61. The van der Waals surface area contributed by atoms with Gasteiger partial charge in [-0.3, -0.25) is 4.90 Å². The average Bonchev–Trinajstić information content (AvgIpc) is 2.40. The number of rotatable bonds is 3. The zero-order valence-corrected chi connectivity index (χ0v) is 12.8. The standard InChI is InChI=1S/C16H23F3N2/c1-14(2)12-21(10-9-16(17,18)19)15(3,11-20-14)13-7-5-4-6-8-13/h4-8,20H,9-12H2,1-3H3. The van der Waals surface area contributed by atoms with E-state index in [9.17, 15) is 13.2 Å². The van der Waals surface area contributed by atoms with E-state index in [-0.39, 0.29) is 12.1 Å². The van der Waals surface area contributed by atoms with Gasteiger partial charge < -0.3 is 5.32 Å². The van der Waals surface area contributed by atoms with Crippen molar-refractivity contribution in [3.05, 3.63) is 35.9 Å². The summed E-state index contributed by atoms with van der Waals surface area (Å²) in [6.07, 6.45) is -4.89. The van der Waals surface area contributed by atoms with E-state index in [0.29, 0.717) is 13.1 Å². The molecule has 0 radical (unpaired) electrons. The first-order valence-electron chi connectivity index (χ1n) is 7.25. The van der Waals surface area contributed by atoms with E-state index in [1.165, 1.54) is 0 Å². The molecule has 21 heavy (non-hydrogen) atoms. The molecule has 1 heterocycles. The number of hydrogen-bond donors (Lipinski definition) is 1. The molecule has 0 saturated carbocycles. The average molecular weight is 300 g/mol. The number of piperazine rings is 1. The Labute approximate surface area is 124 Å². The van der Waals surface area contributed by atoms with Crippen LogP contribution in [0.25, 0.3) is 0 Å². The molecule has 1 saturated heterocycles. The summed E-state index contributed by atoms with van der Waals surface area (Å²) < 4.78 is 37.8. The summed E-state index contributed by atoms with van der Waals surface area (Å²) in [7, 11) is 0. The van der Waals surface area contributed by atoms with Gasteiger partial charge in [0.15, 0.2) is 0 Å². The first-order valence-corrected chi connectivity index (χ1v) is 7.25. The van der Waals surface area contributed by atoms with Gasteiger partial charge in [-0.25, -0.2) is 0 Å². The van der Waals surface area contributed by atoms with Crippen molar-refractivity contribution in [1.82, 2.24) is 10.2 Å². The van der Waals surface area contributed by atoms with Crippen molar-refractivity contribution in [1.29, 1.82) is 0 Å². The normalized spacial score (nSPS) is 26.8. The summed E-state index contributed by atoms with van der Waals surface area (Å²) in [4.78, 5) is 1.96. The maximum absolute atomic E-state index is 12.6. The van der Waals surface area contributed by atoms with Gasteiger partial charge in [-0.15, -0.1) is 0 Å². The van der Waals surface area contributed by atoms with E-state index >= 15 is 0 Å². The highest BCUT2D eigenvalue weighted by Crippen LogP contribution is 2.34. The van der Waals surface area contributed by atoms with Crippen molar-refractivity contribution in [2.75, 3.05) is 19.6 Å². The maximum atomic E-state index is 12.6. The summed E-state index contributed by atoms with van der Waals surface area (Å²) in [5, 5.41) is 3.45. The highest BCUT2D eigenvalue weighted by atomic mass is 19.4. The maximum Gasteiger partial charge on any atom is 0.390 e. The number of nitrogens with zero attached hydrogens (tertiary/aromatic N) is 1. The van der Waals surface area contributed by atoms with Gasteiger partial charge in [0.1, 0.15) is 0 Å². The van der Waals surface area contributed by atoms with Crippen LogP contribution in [0.1, 0.15) is 32.8 Å². The van der Waals surface area contributed by atoms with Crippen molar-refractivity contribution in [2.24, 2.45) is 0 Å². The molecular formula is C16H23F3N2. The summed E-state index contributed by atoms with van der Waals surface area (Å²) in [5.41, 5.74) is 0.456. The number of nitrogens with one attached hydrogen (secondary N) is 1. The minimum absolute atomic E-state index is 0.0278. The van der Waals surface area contributed by atoms with Crippen molar-refractivity contribution in [2.45, 2.75) is 44.4 Å². The van der Waals surface area contributed by atoms with Crippen molar-refractivity contribution in [3.63, 3.8) is 0 Å². The molecule has 1 fully saturated rings. The van der Waals surface area contributed by atoms with Crippen molar-refractivity contribution < 1.29 is 13.2 Å². The van der Waals surface area contributed by atoms with Gasteiger partial charge in [-0.1, -0.05) is 30.3 Å². The first kappa shape index (κ1) is 16.3. The van der Waals surface area contributed by atoms with Gasteiger partial charge >= 0.3 is 6.18 Å². The van der Waals surface area contributed by atoms with Crippen LogP contribution < -0.4 is 5.32 Å². The highest BCUT2D eigenvalue weighted by Gasteiger charge is 2.43. The van der Waals surface area contributed by atoms with Crippen LogP contribution >= 0.6 is 0 Å². The third-order valence-corrected chi connectivity index (χ3v) is 4.26. The van der Waals surface area contributed by atoms with E-state index in [1.807, 2.05) is 56.0 Å². The van der Waals surface area contributed by atoms with Gasteiger partial charge in [0, 0.05) is 25.2 Å². The summed E-state index contributed by atoms with van der Waals surface area (Å²) >= 11 is 0. The molecule has 1 unspecified atom stereocenters. The van der Waals surface area contributed by atoms with Gasteiger partial charge in [0.2, 0.25) is 0 Å². The summed E-state index contributed by atoms with van der Waals surface area (Å²) in [6, 6.07) is 9.76. The lowest BCUT2D eigenvalue weighted by atomic mass is 9.84. The molecule has 1 aliphatic heterocycles. The van der Waals surface area contributed by atoms with Gasteiger partial charge in [-0.2, -0.15) is 13.2 Å². The largest absolute Gasteiger partial charge is 0.390 e. The zero-order chi connectivity index (χ0) is 15.7. The van der Waals surface area contributed by atoms with Crippen molar-refractivity contribution >= 4 is 0 Å². The quantitative estimate of drug-likeness (QED) is 0.918. The molecule has 0 spiro atoms. The molecular weight excluding hydrogens is 277 g/mol. The van der Waals surface area contributed by atoms with Crippen molar-refractivity contribution in [3.8, 4) is 0 Å². The first-order chi connectivity index (χ1) is 9.62. The van der Waals surface area contributed by atoms with Crippen LogP contribution in [0.3, 0.4) is 0 Å². The monoisotopic (exact) mass is 300 g/mol. The molecule has 5 heteroatoms. The second-order valence-corrected chi connectivity index (χ2v) is 6.66. The molecule has 118 valence electrons. The molecule has 0 aromatic heterocycles. The Morgan fingerprint density at radius 2 is 1.76 bits per heavy atom. The van der Waals surface area contributed by atoms with E-state index in [1.54, 1.807) is 0 Å². The van der Waals surface area contributed by atoms with Crippen LogP contribution in [0.2, 0.25) is 0 Å². The Hall–Kier alpha value is -1.07. The minimum Gasteiger partial charge on any atom is -0.308 e. The fraction of sp³-hybridized carbons (Fsp3) is 0.625. The zero-order valence-electron chi connectivity index (χ0n) is 12.8. The Bertz CT molecular complexity index is 470. The Morgan fingerprint density at radius 1 is 1.14 bits per heavy atom. The predicted octanol–water partition coefficient (Wildman–Crippen LogP) is 3.54. The SMILES string of the molecule is CC1(C)CN(CCC(F)(F)F)C(C)(c2ccccc2)CN1. The van der Waals surface area contributed by atoms with Crippen LogP contribution in [0, 0.1) is 0 Å². The molecule has 1 aromatic rings. The van der Waals surface area contributed by atoms with Crippen LogP contribution in [0.15, 0.2) is 30.3 Å². The second-order valence-electron chi connectivity index (χ2n) is 6.66. The lowest BCUT2D eigenvalue weighted by Crippen LogP contribution is -2.65. The summed E-state index contributed by atoms with van der Waals surface area (Å²) in [5.74, 6) is 0. The molecule has 1 atom stereocenters. The van der Waals surface area contributed by atoms with Gasteiger partial charge in [0.25, 0.3) is 0 Å². The Kier molecular flexibility index (Phi) is 4.36. The Balaban J connectivity index is 2.24. The fourth-order valence-corrected chi connectivity index (χ4v) is 2.90. The third kappa shape index (κ3) is 3.98. The molecule has 1 aliphatic rings. The molecule has 2 rings (SSSR count). The third-order valence-electron chi connectivity index (χ3n) is 4.26. The van der Waals surface area contributed by atoms with E-state index in [4.69, 9.17) is 0 Å². The van der Waals surface area contributed by atoms with E-state index in [0.717, 1.165) is 5.56 Å². The van der Waals surface area contributed by atoms with Crippen LogP contribution in [-0.2, 0) is 5.54 Å². The topological polar surface area (TPSA) is 15.3 Å². The lowest BCUT2D eigenvalue weighted by molar-refractivity contribution is -0.143. The predicted molar refractivity (Wildman–Crippen MR) is 78.1 cm³/mol. The molecule has 0 bridgehead atoms. The van der Waals surface area contributed by atoms with E-state index < -0.39 is 18.1 Å². The van der Waals surface area contributed by atoms with E-state index in [2.05, 4.69) is 5.32 Å². The molecule has 1 aromatic carbocycles. The smallest absolute Gasteiger partial charge is 0.308 e. The van der Waals surface area contributed by atoms with Gasteiger partial charge in [-0.05, 0) is 26.3 Å². The summed E-state index contributed by atoms with van der Waals surface area (Å²) in [6.45, 7) is 7.33. The number of benzene rings is 1. The minimum atomic E-state index is -4.12.